The van der Waals surface area contributed by atoms with E-state index in [0.717, 1.165) is 12.8 Å². The Labute approximate surface area is 107 Å². The molecule has 2 heterocycles. The molecule has 5 heteroatoms. The topological polar surface area (TPSA) is 46.2 Å². The molecule has 17 heavy (non-hydrogen) atoms. The molecule has 1 aliphatic heterocycles. The number of sulfone groups is 1. The Morgan fingerprint density at radius 2 is 2.35 bits per heavy atom. The van der Waals surface area contributed by atoms with Crippen LogP contribution in [0.5, 0.6) is 0 Å². The highest BCUT2D eigenvalue weighted by Gasteiger charge is 2.29. The molecule has 96 valence electrons. The molecular formula is C12H19NO2S2. The lowest BCUT2D eigenvalue weighted by atomic mass is 9.96. The van der Waals surface area contributed by atoms with Gasteiger partial charge >= 0.3 is 0 Å². The number of rotatable bonds is 4. The van der Waals surface area contributed by atoms with E-state index in [2.05, 4.69) is 23.7 Å². The summed E-state index contributed by atoms with van der Waals surface area (Å²) in [5, 5.41) is 5.46. The first kappa shape index (κ1) is 13.1. The standard InChI is InChI=1S/C12H19NO2S2/c1-9-5-11(7-16-9)12(13-2)6-10-3-4-17(14,15)8-10/h5,7,10,12-13H,3-4,6,8H2,1-2H3. The van der Waals surface area contributed by atoms with Crippen LogP contribution < -0.4 is 5.32 Å². The van der Waals surface area contributed by atoms with Crippen molar-refractivity contribution in [1.29, 1.82) is 0 Å². The highest BCUT2D eigenvalue weighted by Crippen LogP contribution is 2.30. The first-order valence-electron chi connectivity index (χ1n) is 5.93. The molecule has 0 aliphatic carbocycles. The third-order valence-corrected chi connectivity index (χ3v) is 6.11. The van der Waals surface area contributed by atoms with Gasteiger partial charge < -0.3 is 5.32 Å². The van der Waals surface area contributed by atoms with E-state index in [9.17, 15) is 8.42 Å². The van der Waals surface area contributed by atoms with Crippen molar-refractivity contribution in [3.05, 3.63) is 21.9 Å². The van der Waals surface area contributed by atoms with Gasteiger partial charge in [-0.1, -0.05) is 0 Å². The first-order chi connectivity index (χ1) is 8.00. The summed E-state index contributed by atoms with van der Waals surface area (Å²) in [7, 11) is -0.806. The molecule has 0 spiro atoms. The van der Waals surface area contributed by atoms with E-state index in [1.54, 1.807) is 11.3 Å². The third kappa shape index (κ3) is 3.30. The number of hydrogen-bond donors (Lipinski definition) is 1. The second-order valence-corrected chi connectivity index (χ2v) is 8.18. The normalized spacial score (nSPS) is 24.9. The van der Waals surface area contributed by atoms with Crippen molar-refractivity contribution in [2.75, 3.05) is 18.6 Å². The van der Waals surface area contributed by atoms with Crippen LogP contribution in [0.15, 0.2) is 11.4 Å². The minimum atomic E-state index is -2.75. The lowest BCUT2D eigenvalue weighted by Gasteiger charge is -2.18. The zero-order valence-corrected chi connectivity index (χ0v) is 11.9. The summed E-state index contributed by atoms with van der Waals surface area (Å²) >= 11 is 1.75. The van der Waals surface area contributed by atoms with Gasteiger partial charge in [0.05, 0.1) is 11.5 Å². The quantitative estimate of drug-likeness (QED) is 0.914. The van der Waals surface area contributed by atoms with Crippen LogP contribution in [0.4, 0.5) is 0 Å². The summed E-state index contributed by atoms with van der Waals surface area (Å²) in [6, 6.07) is 2.48. The lowest BCUT2D eigenvalue weighted by molar-refractivity contribution is 0.438. The van der Waals surface area contributed by atoms with Crippen molar-refractivity contribution in [2.45, 2.75) is 25.8 Å². The van der Waals surface area contributed by atoms with Gasteiger partial charge in [0.1, 0.15) is 0 Å². The molecule has 1 aliphatic rings. The summed E-state index contributed by atoms with van der Waals surface area (Å²) < 4.78 is 22.9. The van der Waals surface area contributed by atoms with Crippen molar-refractivity contribution in [1.82, 2.24) is 5.32 Å². The second-order valence-electron chi connectivity index (χ2n) is 4.84. The maximum absolute atomic E-state index is 11.4. The fourth-order valence-corrected chi connectivity index (χ4v) is 5.10. The average Bonchev–Trinajstić information content (AvgIpc) is 2.81. The van der Waals surface area contributed by atoms with E-state index < -0.39 is 9.84 Å². The van der Waals surface area contributed by atoms with E-state index in [1.165, 1.54) is 10.4 Å². The highest BCUT2D eigenvalue weighted by molar-refractivity contribution is 7.91. The maximum Gasteiger partial charge on any atom is 0.150 e. The molecule has 0 amide bonds. The predicted molar refractivity (Wildman–Crippen MR) is 72.2 cm³/mol. The van der Waals surface area contributed by atoms with Gasteiger partial charge in [-0.15, -0.1) is 11.3 Å². The SMILES string of the molecule is CNC(CC1CCS(=O)(=O)C1)c1csc(C)c1. The fourth-order valence-electron chi connectivity index (χ4n) is 2.46. The molecule has 0 saturated carbocycles. The zero-order valence-electron chi connectivity index (χ0n) is 10.3. The molecule has 0 radical (unpaired) electrons. The Hall–Kier alpha value is -0.390. The van der Waals surface area contributed by atoms with Crippen molar-refractivity contribution in [3.63, 3.8) is 0 Å². The predicted octanol–water partition coefficient (Wildman–Crippen LogP) is 2.14. The van der Waals surface area contributed by atoms with E-state index in [1.807, 2.05) is 7.05 Å². The largest absolute Gasteiger partial charge is 0.313 e. The Bertz CT molecular complexity index is 478. The van der Waals surface area contributed by atoms with Gasteiger partial charge in [0.2, 0.25) is 0 Å². The Morgan fingerprint density at radius 3 is 2.82 bits per heavy atom. The summed E-state index contributed by atoms with van der Waals surface area (Å²) in [5.74, 6) is 1.06. The van der Waals surface area contributed by atoms with Crippen molar-refractivity contribution in [2.24, 2.45) is 5.92 Å². The minimum absolute atomic E-state index is 0.290. The molecule has 1 fully saturated rings. The average molecular weight is 273 g/mol. The minimum Gasteiger partial charge on any atom is -0.313 e. The van der Waals surface area contributed by atoms with Gasteiger partial charge in [0, 0.05) is 10.9 Å². The Morgan fingerprint density at radius 1 is 1.59 bits per heavy atom. The molecule has 2 rings (SSSR count). The summed E-state index contributed by atoms with van der Waals surface area (Å²) in [4.78, 5) is 1.30. The Balaban J connectivity index is 2.01. The third-order valence-electron chi connectivity index (χ3n) is 3.40. The van der Waals surface area contributed by atoms with Gasteiger partial charge in [-0.25, -0.2) is 8.42 Å². The highest BCUT2D eigenvalue weighted by atomic mass is 32.2. The van der Waals surface area contributed by atoms with Crippen LogP contribution >= 0.6 is 11.3 Å². The van der Waals surface area contributed by atoms with Crippen LogP contribution in [0.3, 0.4) is 0 Å². The molecule has 1 aromatic rings. The van der Waals surface area contributed by atoms with Crippen LogP contribution in [-0.4, -0.2) is 27.0 Å². The van der Waals surface area contributed by atoms with Gasteiger partial charge in [-0.05, 0) is 49.7 Å². The molecule has 1 N–H and O–H groups in total. The molecule has 1 saturated heterocycles. The number of hydrogen-bond acceptors (Lipinski definition) is 4. The number of aryl methyl sites for hydroxylation is 1. The van der Waals surface area contributed by atoms with Gasteiger partial charge in [0.25, 0.3) is 0 Å². The first-order valence-corrected chi connectivity index (χ1v) is 8.63. The zero-order chi connectivity index (χ0) is 12.5. The second kappa shape index (κ2) is 5.08. The molecule has 1 aromatic heterocycles. The fraction of sp³-hybridized carbons (Fsp3) is 0.667. The van der Waals surface area contributed by atoms with E-state index in [-0.39, 0.29) is 0 Å². The van der Waals surface area contributed by atoms with Crippen LogP contribution in [-0.2, 0) is 9.84 Å². The van der Waals surface area contributed by atoms with Gasteiger partial charge in [-0.3, -0.25) is 0 Å². The molecule has 3 nitrogen and oxygen atoms in total. The van der Waals surface area contributed by atoms with Gasteiger partial charge in [-0.2, -0.15) is 0 Å². The summed E-state index contributed by atoms with van der Waals surface area (Å²) in [6.07, 6.45) is 1.75. The molecule has 0 bridgehead atoms. The van der Waals surface area contributed by atoms with E-state index >= 15 is 0 Å². The van der Waals surface area contributed by atoms with E-state index in [4.69, 9.17) is 0 Å². The molecule has 2 unspecified atom stereocenters. The number of thiophene rings is 1. The Kier molecular flexibility index (Phi) is 3.90. The number of nitrogens with one attached hydrogen (secondary N) is 1. The lowest BCUT2D eigenvalue weighted by Crippen LogP contribution is -2.20. The molecular weight excluding hydrogens is 254 g/mol. The van der Waals surface area contributed by atoms with Crippen LogP contribution in [0.2, 0.25) is 0 Å². The monoisotopic (exact) mass is 273 g/mol. The smallest absolute Gasteiger partial charge is 0.150 e. The van der Waals surface area contributed by atoms with E-state index in [0.29, 0.717) is 23.5 Å². The van der Waals surface area contributed by atoms with Gasteiger partial charge in [0.15, 0.2) is 9.84 Å². The summed E-state index contributed by atoms with van der Waals surface area (Å²) in [5.41, 5.74) is 1.29. The maximum atomic E-state index is 11.4. The van der Waals surface area contributed by atoms with Crippen molar-refractivity contribution in [3.8, 4) is 0 Å². The van der Waals surface area contributed by atoms with Crippen LogP contribution in [0, 0.1) is 12.8 Å². The van der Waals surface area contributed by atoms with Crippen molar-refractivity contribution >= 4 is 21.2 Å². The van der Waals surface area contributed by atoms with Crippen molar-refractivity contribution < 1.29 is 8.42 Å². The molecule has 0 aromatic carbocycles. The molecule has 2 atom stereocenters. The van der Waals surface area contributed by atoms with Crippen LogP contribution in [0.25, 0.3) is 0 Å². The van der Waals surface area contributed by atoms with Crippen LogP contribution in [0.1, 0.15) is 29.3 Å². The summed E-state index contributed by atoms with van der Waals surface area (Å²) in [6.45, 7) is 2.10.